The maximum absolute atomic E-state index is 13.5. The van der Waals surface area contributed by atoms with Gasteiger partial charge in [0.25, 0.3) is 0 Å². The van der Waals surface area contributed by atoms with Crippen LogP contribution in [0.1, 0.15) is 13.8 Å². The highest BCUT2D eigenvalue weighted by atomic mass is 16.2. The molecule has 4 amide bonds. The fourth-order valence-corrected chi connectivity index (χ4v) is 7.22. The van der Waals surface area contributed by atoms with Crippen molar-refractivity contribution < 1.29 is 28.1 Å². The Hall–Kier alpha value is -2.06. The van der Waals surface area contributed by atoms with Crippen LogP contribution in [-0.4, -0.2) is 110 Å². The number of carbonyl (C=O) groups excluding carboxylic acids is 4. The van der Waals surface area contributed by atoms with Crippen molar-refractivity contribution in [2.75, 3.05) is 67.5 Å². The quantitative estimate of drug-likeness (QED) is 0.292. The van der Waals surface area contributed by atoms with Gasteiger partial charge in [0.2, 0.25) is 23.6 Å². The minimum atomic E-state index is -0.366. The summed E-state index contributed by atoms with van der Waals surface area (Å²) in [7, 11) is 8.42. The fourth-order valence-electron chi connectivity index (χ4n) is 7.22. The molecule has 4 aliphatic carbocycles. The maximum atomic E-state index is 13.5. The molecular formula is C26H40N4O4+2. The van der Waals surface area contributed by atoms with Gasteiger partial charge in [0.1, 0.15) is 0 Å². The Balaban J connectivity index is 1.36. The summed E-state index contributed by atoms with van der Waals surface area (Å²) in [5, 5.41) is 0. The highest BCUT2D eigenvalue weighted by Crippen LogP contribution is 2.68. The number of quaternary nitrogens is 2. The first kappa shape index (κ1) is 23.7. The predicted molar refractivity (Wildman–Crippen MR) is 126 cm³/mol. The lowest BCUT2D eigenvalue weighted by atomic mass is 9.40. The molecule has 2 saturated carbocycles. The molecule has 0 radical (unpaired) electrons. The number of allylic oxidation sites excluding steroid dienone is 2. The van der Waals surface area contributed by atoms with E-state index in [9.17, 15) is 19.2 Å². The molecule has 0 unspecified atom stereocenters. The first-order valence-corrected chi connectivity index (χ1v) is 13.0. The lowest BCUT2D eigenvalue weighted by molar-refractivity contribution is -0.887. The van der Waals surface area contributed by atoms with E-state index in [4.69, 9.17) is 0 Å². The summed E-state index contributed by atoms with van der Waals surface area (Å²) in [6, 6.07) is 0. The van der Waals surface area contributed by atoms with E-state index in [1.54, 1.807) is 0 Å². The summed E-state index contributed by atoms with van der Waals surface area (Å²) in [6.45, 7) is 8.41. The number of rotatable bonds is 8. The average molecular weight is 473 g/mol. The first-order valence-electron chi connectivity index (χ1n) is 13.0. The second-order valence-corrected chi connectivity index (χ2v) is 12.4. The molecule has 8 nitrogen and oxygen atoms in total. The molecule has 6 aliphatic rings. The van der Waals surface area contributed by atoms with Crippen molar-refractivity contribution in [3.8, 4) is 0 Å². The molecule has 2 aliphatic heterocycles. The maximum Gasteiger partial charge on any atom is 0.233 e. The topological polar surface area (TPSA) is 74.8 Å². The molecular weight excluding hydrogens is 432 g/mol. The van der Waals surface area contributed by atoms with Gasteiger partial charge in [0.15, 0.2) is 0 Å². The third kappa shape index (κ3) is 3.17. The van der Waals surface area contributed by atoms with Crippen LogP contribution in [-0.2, 0) is 19.2 Å². The minimum absolute atomic E-state index is 0.0101. The molecule has 34 heavy (non-hydrogen) atoms. The normalized spacial score (nSPS) is 38.4. The number of carbonyl (C=O) groups is 4. The van der Waals surface area contributed by atoms with Crippen LogP contribution in [0.25, 0.3) is 0 Å². The molecule has 0 N–H and O–H groups in total. The molecule has 186 valence electrons. The minimum Gasteiger partial charge on any atom is -0.327 e. The molecule has 0 spiro atoms. The Morgan fingerprint density at radius 1 is 0.618 bits per heavy atom. The van der Waals surface area contributed by atoms with Crippen LogP contribution in [0.5, 0.6) is 0 Å². The third-order valence-electron chi connectivity index (χ3n) is 10.1. The SMILES string of the molecule is CC[N+](C)(C)CCN1C(=O)[C@@H]2[C@H]3C=C[C@@H]([C@@H]2C1=O)[C@H]1[C@H]2C(=O)N(CC[N+](C)(C)CC)C(=O)[C@@H]2[C@H]31. The van der Waals surface area contributed by atoms with Gasteiger partial charge in [-0.1, -0.05) is 12.2 Å². The zero-order valence-corrected chi connectivity index (χ0v) is 21.4. The van der Waals surface area contributed by atoms with E-state index in [0.717, 1.165) is 35.1 Å². The molecule has 0 aromatic heterocycles. The van der Waals surface area contributed by atoms with Crippen molar-refractivity contribution in [1.29, 1.82) is 0 Å². The van der Waals surface area contributed by atoms with E-state index in [1.165, 1.54) is 9.80 Å². The number of hydrogen-bond acceptors (Lipinski definition) is 4. The molecule has 0 aromatic rings. The van der Waals surface area contributed by atoms with Gasteiger partial charge in [-0.15, -0.1) is 0 Å². The Morgan fingerprint density at radius 2 is 0.941 bits per heavy atom. The van der Waals surface area contributed by atoms with Crippen molar-refractivity contribution in [3.63, 3.8) is 0 Å². The Morgan fingerprint density at radius 3 is 1.26 bits per heavy atom. The second-order valence-electron chi connectivity index (χ2n) is 12.4. The van der Waals surface area contributed by atoms with Gasteiger partial charge in [-0.25, -0.2) is 0 Å². The number of fused-ring (bicyclic) bond motifs is 1. The first-order chi connectivity index (χ1) is 15.9. The fraction of sp³-hybridized carbons (Fsp3) is 0.769. The smallest absolute Gasteiger partial charge is 0.233 e. The number of nitrogens with zero attached hydrogens (tertiary/aromatic N) is 4. The number of likely N-dealkylation sites (tertiary alicyclic amines) is 2. The Kier molecular flexibility index (Phi) is 5.37. The number of amides is 4. The number of hydrogen-bond donors (Lipinski definition) is 0. The predicted octanol–water partition coefficient (Wildman–Crippen LogP) is 0.443. The van der Waals surface area contributed by atoms with Gasteiger partial charge in [-0.3, -0.25) is 29.0 Å². The zero-order chi connectivity index (χ0) is 24.7. The summed E-state index contributed by atoms with van der Waals surface area (Å²) in [6.07, 6.45) is 4.17. The molecule has 6 rings (SSSR count). The molecule has 4 fully saturated rings. The summed E-state index contributed by atoms with van der Waals surface area (Å²) in [5.41, 5.74) is 0. The van der Waals surface area contributed by atoms with Crippen LogP contribution in [0, 0.1) is 47.3 Å². The van der Waals surface area contributed by atoms with E-state index in [-0.39, 0.29) is 71.0 Å². The van der Waals surface area contributed by atoms with Crippen molar-refractivity contribution in [1.82, 2.24) is 9.80 Å². The van der Waals surface area contributed by atoms with E-state index in [2.05, 4.69) is 54.2 Å². The summed E-state index contributed by atoms with van der Waals surface area (Å²) in [5.74, 6) is -1.82. The van der Waals surface area contributed by atoms with Gasteiger partial charge in [0, 0.05) is 0 Å². The van der Waals surface area contributed by atoms with Crippen LogP contribution in [0.3, 0.4) is 0 Å². The monoisotopic (exact) mass is 472 g/mol. The summed E-state index contributed by atoms with van der Waals surface area (Å²) < 4.78 is 1.50. The van der Waals surface area contributed by atoms with Crippen LogP contribution in [0.2, 0.25) is 0 Å². The van der Waals surface area contributed by atoms with Crippen molar-refractivity contribution in [2.24, 2.45) is 47.3 Å². The van der Waals surface area contributed by atoms with Gasteiger partial charge in [-0.2, -0.15) is 0 Å². The largest absolute Gasteiger partial charge is 0.327 e. The Labute approximate surface area is 202 Å². The average Bonchev–Trinajstić information content (AvgIpc) is 3.15. The van der Waals surface area contributed by atoms with Crippen LogP contribution in [0.15, 0.2) is 12.2 Å². The van der Waals surface area contributed by atoms with Crippen molar-refractivity contribution >= 4 is 23.6 Å². The number of imide groups is 2. The van der Waals surface area contributed by atoms with Crippen molar-refractivity contribution in [2.45, 2.75) is 13.8 Å². The highest BCUT2D eigenvalue weighted by Gasteiger charge is 2.74. The molecule has 2 saturated heterocycles. The number of likely N-dealkylation sites (N-methyl/N-ethyl adjacent to an activating group) is 2. The van der Waals surface area contributed by atoms with E-state index >= 15 is 0 Å². The Bertz CT molecular complexity index is 916. The van der Waals surface area contributed by atoms with Gasteiger partial charge < -0.3 is 8.97 Å². The third-order valence-corrected chi connectivity index (χ3v) is 10.1. The molecule has 2 bridgehead atoms. The lowest BCUT2D eigenvalue weighted by Crippen LogP contribution is -2.63. The van der Waals surface area contributed by atoms with Gasteiger partial charge in [0.05, 0.1) is 91.1 Å². The molecule has 8 heteroatoms. The van der Waals surface area contributed by atoms with E-state index in [0.29, 0.717) is 13.1 Å². The molecule has 8 atom stereocenters. The van der Waals surface area contributed by atoms with Crippen molar-refractivity contribution in [3.05, 3.63) is 12.2 Å². The molecule has 2 heterocycles. The van der Waals surface area contributed by atoms with Gasteiger partial charge >= 0.3 is 0 Å². The standard InChI is InChI=1S/C26H40N4O4/c1-7-29(3,4)13-11-27-23(31)19-15-9-10-16(20(19)24(27)32)18-17(15)21-22(18)26(34)28(25(21)33)12-14-30(5,6)8-2/h9-10,15-22H,7-8,11-14H2,1-6H3/q+2/t15-,16+,17-,18-,19+,20-,21-,22-/m1/s1. The van der Waals surface area contributed by atoms with Gasteiger partial charge in [-0.05, 0) is 37.5 Å². The summed E-state index contributed by atoms with van der Waals surface area (Å²) in [4.78, 5) is 56.7. The van der Waals surface area contributed by atoms with Crippen LogP contribution in [0.4, 0.5) is 0 Å². The summed E-state index contributed by atoms with van der Waals surface area (Å²) >= 11 is 0. The van der Waals surface area contributed by atoms with Crippen LogP contribution < -0.4 is 0 Å². The van der Waals surface area contributed by atoms with Crippen LogP contribution >= 0.6 is 0 Å². The lowest BCUT2D eigenvalue weighted by Gasteiger charge is -2.60. The molecule has 0 aromatic carbocycles. The second kappa shape index (κ2) is 7.72. The van der Waals surface area contributed by atoms with E-state index in [1.807, 2.05) is 0 Å². The highest BCUT2D eigenvalue weighted by molar-refractivity contribution is 6.09. The van der Waals surface area contributed by atoms with E-state index < -0.39 is 0 Å². The zero-order valence-electron chi connectivity index (χ0n) is 21.4.